The maximum atomic E-state index is 5.57. The molecule has 1 unspecified atom stereocenters. The summed E-state index contributed by atoms with van der Waals surface area (Å²) < 4.78 is 7.76. The van der Waals surface area contributed by atoms with Gasteiger partial charge >= 0.3 is 0 Å². The van der Waals surface area contributed by atoms with Crippen LogP contribution >= 0.6 is 11.3 Å². The molecule has 98 valence electrons. The van der Waals surface area contributed by atoms with Crippen molar-refractivity contribution in [3.63, 3.8) is 0 Å². The van der Waals surface area contributed by atoms with Gasteiger partial charge in [0.25, 0.3) is 0 Å². The number of thiazole rings is 1. The van der Waals surface area contributed by atoms with Crippen molar-refractivity contribution in [1.82, 2.24) is 14.7 Å². The molecule has 3 rings (SSSR count). The fraction of sp³-hybridized carbons (Fsp3) is 0.615. The van der Waals surface area contributed by atoms with Gasteiger partial charge in [-0.15, -0.1) is 11.3 Å². The molecule has 0 bridgehead atoms. The van der Waals surface area contributed by atoms with Crippen LogP contribution in [0.2, 0.25) is 0 Å². The molecule has 0 aliphatic carbocycles. The lowest BCUT2D eigenvalue weighted by atomic mass is 9.95. The third-order valence-electron chi connectivity index (χ3n) is 3.68. The van der Waals surface area contributed by atoms with Crippen LogP contribution in [0.25, 0.3) is 4.96 Å². The van der Waals surface area contributed by atoms with Gasteiger partial charge < -0.3 is 10.1 Å². The van der Waals surface area contributed by atoms with E-state index < -0.39 is 0 Å². The van der Waals surface area contributed by atoms with Crippen LogP contribution in [-0.4, -0.2) is 28.1 Å². The molecule has 2 aromatic rings. The van der Waals surface area contributed by atoms with Gasteiger partial charge in [-0.05, 0) is 26.7 Å². The van der Waals surface area contributed by atoms with Crippen LogP contribution in [0, 0.1) is 6.92 Å². The van der Waals surface area contributed by atoms with Crippen molar-refractivity contribution < 1.29 is 4.74 Å². The average Bonchev–Trinajstić information content (AvgIpc) is 2.88. The molecule has 0 radical (unpaired) electrons. The van der Waals surface area contributed by atoms with Gasteiger partial charge in [-0.3, -0.25) is 4.40 Å². The molecule has 18 heavy (non-hydrogen) atoms. The van der Waals surface area contributed by atoms with E-state index in [1.807, 2.05) is 0 Å². The Kier molecular flexibility index (Phi) is 3.13. The molecule has 3 heterocycles. The normalized spacial score (nSPS) is 24.8. The molecule has 1 aliphatic rings. The first-order valence-corrected chi connectivity index (χ1v) is 7.30. The Labute approximate surface area is 111 Å². The quantitative estimate of drug-likeness (QED) is 0.926. The number of hydrogen-bond donors (Lipinski definition) is 1. The Hall–Kier alpha value is -0.910. The van der Waals surface area contributed by atoms with E-state index in [2.05, 4.69) is 40.1 Å². The molecule has 1 atom stereocenters. The molecule has 1 N–H and O–H groups in total. The Balaban J connectivity index is 1.76. The molecule has 5 heteroatoms. The summed E-state index contributed by atoms with van der Waals surface area (Å²) in [5.41, 5.74) is 2.48. The van der Waals surface area contributed by atoms with Crippen molar-refractivity contribution in [3.8, 4) is 0 Å². The number of aryl methyl sites for hydroxylation is 1. The number of rotatable bonds is 3. The van der Waals surface area contributed by atoms with E-state index in [0.717, 1.165) is 36.8 Å². The number of nitrogens with one attached hydrogen (secondary N) is 1. The number of fused-ring (bicyclic) bond motifs is 1. The molecule has 1 aliphatic heterocycles. The standard InChI is InChI=1S/C13H19N3OS/c1-10-11(16-5-7-18-12(16)15-10)8-14-13(2)4-3-6-17-9-13/h5,7,14H,3-4,6,8-9H2,1-2H3. The Morgan fingerprint density at radius 1 is 1.61 bits per heavy atom. The van der Waals surface area contributed by atoms with Crippen LogP contribution in [0.5, 0.6) is 0 Å². The molecule has 0 amide bonds. The molecule has 2 aromatic heterocycles. The van der Waals surface area contributed by atoms with Crippen LogP contribution in [0.4, 0.5) is 0 Å². The highest BCUT2D eigenvalue weighted by atomic mass is 32.1. The maximum Gasteiger partial charge on any atom is 0.194 e. The zero-order chi connectivity index (χ0) is 12.6. The van der Waals surface area contributed by atoms with Crippen molar-refractivity contribution in [2.75, 3.05) is 13.2 Å². The first kappa shape index (κ1) is 12.1. The third kappa shape index (κ3) is 2.18. The minimum atomic E-state index is 0.102. The molecular weight excluding hydrogens is 246 g/mol. The summed E-state index contributed by atoms with van der Waals surface area (Å²) in [6.07, 6.45) is 4.41. The highest BCUT2D eigenvalue weighted by molar-refractivity contribution is 7.15. The van der Waals surface area contributed by atoms with Gasteiger partial charge in [0.1, 0.15) is 0 Å². The van der Waals surface area contributed by atoms with Gasteiger partial charge in [0.2, 0.25) is 0 Å². The highest BCUT2D eigenvalue weighted by Crippen LogP contribution is 2.21. The van der Waals surface area contributed by atoms with E-state index in [9.17, 15) is 0 Å². The fourth-order valence-corrected chi connectivity index (χ4v) is 3.30. The highest BCUT2D eigenvalue weighted by Gasteiger charge is 2.27. The molecule has 1 saturated heterocycles. The van der Waals surface area contributed by atoms with E-state index in [-0.39, 0.29) is 5.54 Å². The fourth-order valence-electron chi connectivity index (χ4n) is 2.52. The third-order valence-corrected chi connectivity index (χ3v) is 4.44. The number of imidazole rings is 1. The van der Waals surface area contributed by atoms with Crippen LogP contribution in [0.3, 0.4) is 0 Å². The maximum absolute atomic E-state index is 5.57. The van der Waals surface area contributed by atoms with Crippen molar-refractivity contribution in [2.45, 2.75) is 38.8 Å². The Bertz CT molecular complexity index is 539. The zero-order valence-corrected chi connectivity index (χ0v) is 11.7. The van der Waals surface area contributed by atoms with Crippen molar-refractivity contribution in [3.05, 3.63) is 23.0 Å². The average molecular weight is 265 g/mol. The summed E-state index contributed by atoms with van der Waals surface area (Å²) in [4.78, 5) is 5.65. The molecule has 0 saturated carbocycles. The first-order valence-electron chi connectivity index (χ1n) is 6.42. The molecule has 4 nitrogen and oxygen atoms in total. The van der Waals surface area contributed by atoms with Crippen molar-refractivity contribution in [2.24, 2.45) is 0 Å². The lowest BCUT2D eigenvalue weighted by molar-refractivity contribution is 0.0276. The second-order valence-electron chi connectivity index (χ2n) is 5.27. The predicted octanol–water partition coefficient (Wildman–Crippen LogP) is 2.36. The van der Waals surface area contributed by atoms with Gasteiger partial charge in [0, 0.05) is 30.3 Å². The molecule has 1 fully saturated rings. The van der Waals surface area contributed by atoms with Crippen LogP contribution in [0.15, 0.2) is 11.6 Å². The summed E-state index contributed by atoms with van der Waals surface area (Å²) in [5.74, 6) is 0. The topological polar surface area (TPSA) is 38.6 Å². The van der Waals surface area contributed by atoms with Gasteiger partial charge in [0.05, 0.1) is 18.0 Å². The van der Waals surface area contributed by atoms with E-state index in [0.29, 0.717) is 0 Å². The monoisotopic (exact) mass is 265 g/mol. The van der Waals surface area contributed by atoms with Crippen LogP contribution < -0.4 is 5.32 Å². The second kappa shape index (κ2) is 4.64. The van der Waals surface area contributed by atoms with Crippen molar-refractivity contribution in [1.29, 1.82) is 0 Å². The lowest BCUT2D eigenvalue weighted by Gasteiger charge is -2.34. The summed E-state index contributed by atoms with van der Waals surface area (Å²) >= 11 is 1.68. The second-order valence-corrected chi connectivity index (χ2v) is 6.14. The molecule has 0 spiro atoms. The van der Waals surface area contributed by atoms with Crippen LogP contribution in [0.1, 0.15) is 31.2 Å². The molecule has 0 aromatic carbocycles. The predicted molar refractivity (Wildman–Crippen MR) is 73.1 cm³/mol. The number of ether oxygens (including phenoxy) is 1. The lowest BCUT2D eigenvalue weighted by Crippen LogP contribution is -2.48. The zero-order valence-electron chi connectivity index (χ0n) is 10.9. The van der Waals surface area contributed by atoms with E-state index in [4.69, 9.17) is 4.74 Å². The Morgan fingerprint density at radius 2 is 2.50 bits per heavy atom. The summed E-state index contributed by atoms with van der Waals surface area (Å²) in [6.45, 7) is 6.88. The largest absolute Gasteiger partial charge is 0.380 e. The number of nitrogens with zero attached hydrogens (tertiary/aromatic N) is 2. The van der Waals surface area contributed by atoms with Gasteiger partial charge in [-0.2, -0.15) is 0 Å². The molecular formula is C13H19N3OS. The minimum absolute atomic E-state index is 0.102. The van der Waals surface area contributed by atoms with Gasteiger partial charge in [0.15, 0.2) is 4.96 Å². The summed E-state index contributed by atoms with van der Waals surface area (Å²) in [5, 5.41) is 5.72. The van der Waals surface area contributed by atoms with Crippen LogP contribution in [-0.2, 0) is 11.3 Å². The SMILES string of the molecule is Cc1nc2sccn2c1CNC1(C)CCCOC1. The van der Waals surface area contributed by atoms with Gasteiger partial charge in [-0.1, -0.05) is 0 Å². The van der Waals surface area contributed by atoms with Crippen molar-refractivity contribution >= 4 is 16.3 Å². The van der Waals surface area contributed by atoms with Gasteiger partial charge in [-0.25, -0.2) is 4.98 Å². The van der Waals surface area contributed by atoms with E-state index in [1.165, 1.54) is 12.1 Å². The van der Waals surface area contributed by atoms with E-state index >= 15 is 0 Å². The number of aromatic nitrogens is 2. The smallest absolute Gasteiger partial charge is 0.194 e. The van der Waals surface area contributed by atoms with E-state index in [1.54, 1.807) is 11.3 Å². The number of hydrogen-bond acceptors (Lipinski definition) is 4. The first-order chi connectivity index (χ1) is 8.68. The summed E-state index contributed by atoms with van der Waals surface area (Å²) in [6, 6.07) is 0. The Morgan fingerprint density at radius 3 is 3.28 bits per heavy atom. The minimum Gasteiger partial charge on any atom is -0.380 e. The summed E-state index contributed by atoms with van der Waals surface area (Å²) in [7, 11) is 0.